The van der Waals surface area contributed by atoms with Crippen LogP contribution in [0.4, 0.5) is 13.2 Å². The number of amides is 1. The molecule has 9 heteroatoms. The molecule has 32 heavy (non-hydrogen) atoms. The van der Waals surface area contributed by atoms with Gasteiger partial charge in [-0.1, -0.05) is 12.1 Å². The minimum Gasteiger partial charge on any atom is -0.481 e. The van der Waals surface area contributed by atoms with Crippen molar-refractivity contribution in [1.82, 2.24) is 14.9 Å². The van der Waals surface area contributed by atoms with Crippen LogP contribution in [0.15, 0.2) is 48.8 Å². The fourth-order valence-corrected chi connectivity index (χ4v) is 5.38. The molecule has 2 N–H and O–H groups in total. The molecule has 6 rings (SSSR count). The molecule has 166 valence electrons. The van der Waals surface area contributed by atoms with Crippen LogP contribution in [0, 0.1) is 5.41 Å². The van der Waals surface area contributed by atoms with Gasteiger partial charge in [0.15, 0.2) is 5.69 Å². The second-order valence-corrected chi connectivity index (χ2v) is 9.07. The predicted molar refractivity (Wildman–Crippen MR) is 109 cm³/mol. The molecule has 1 aromatic carbocycles. The Kier molecular flexibility index (Phi) is 4.38. The lowest BCUT2D eigenvalue weighted by Crippen LogP contribution is -2.75. The van der Waals surface area contributed by atoms with Gasteiger partial charge in [0.1, 0.15) is 0 Å². The van der Waals surface area contributed by atoms with E-state index < -0.39 is 17.7 Å². The highest BCUT2D eigenvalue weighted by Crippen LogP contribution is 2.68. The second-order valence-electron chi connectivity index (χ2n) is 9.07. The largest absolute Gasteiger partial charge is 0.481 e. The van der Waals surface area contributed by atoms with Gasteiger partial charge in [-0.05, 0) is 54.5 Å². The molecule has 3 saturated carbocycles. The van der Waals surface area contributed by atoms with Gasteiger partial charge in [-0.2, -0.15) is 13.2 Å². The number of aliphatic carboxylic acids is 1. The van der Waals surface area contributed by atoms with Crippen molar-refractivity contribution in [1.29, 1.82) is 0 Å². The lowest BCUT2D eigenvalue weighted by molar-refractivity contribution is -0.172. The van der Waals surface area contributed by atoms with Crippen molar-refractivity contribution < 1.29 is 27.9 Å². The SMILES string of the molecule is O=C(O)CC12CC(NC(=O)c3nccc4ccn(Cc5ccc(C(F)(F)F)cc5)c34)(C1)C2. The van der Waals surface area contributed by atoms with Crippen LogP contribution in [0.25, 0.3) is 10.9 Å². The summed E-state index contributed by atoms with van der Waals surface area (Å²) in [5.41, 5.74) is 0.260. The molecule has 0 spiro atoms. The van der Waals surface area contributed by atoms with Crippen LogP contribution in [0.1, 0.15) is 47.3 Å². The molecule has 3 fully saturated rings. The van der Waals surface area contributed by atoms with E-state index in [4.69, 9.17) is 5.11 Å². The molecule has 3 aliphatic carbocycles. The molecular weight excluding hydrogens is 423 g/mol. The highest BCUT2D eigenvalue weighted by atomic mass is 19.4. The fourth-order valence-electron chi connectivity index (χ4n) is 5.38. The molecule has 0 atom stereocenters. The van der Waals surface area contributed by atoms with Crippen LogP contribution >= 0.6 is 0 Å². The summed E-state index contributed by atoms with van der Waals surface area (Å²) in [5, 5.41) is 12.9. The molecule has 3 aromatic rings. The number of carboxylic acids is 1. The van der Waals surface area contributed by atoms with E-state index in [0.717, 1.165) is 17.5 Å². The molecule has 0 saturated heterocycles. The zero-order valence-corrected chi connectivity index (χ0v) is 16.9. The molecule has 2 bridgehead atoms. The van der Waals surface area contributed by atoms with Crippen molar-refractivity contribution in [2.45, 2.75) is 43.9 Å². The lowest BCUT2D eigenvalue weighted by atomic mass is 9.38. The number of pyridine rings is 1. The number of fused-ring (bicyclic) bond motifs is 1. The van der Waals surface area contributed by atoms with E-state index >= 15 is 0 Å². The average Bonchev–Trinajstić information content (AvgIpc) is 3.07. The summed E-state index contributed by atoms with van der Waals surface area (Å²) in [4.78, 5) is 28.3. The normalized spacial score (nSPS) is 24.0. The van der Waals surface area contributed by atoms with Crippen molar-refractivity contribution in [2.24, 2.45) is 5.41 Å². The van der Waals surface area contributed by atoms with E-state index in [1.54, 1.807) is 23.0 Å². The minimum absolute atomic E-state index is 0.119. The van der Waals surface area contributed by atoms with Crippen molar-refractivity contribution in [3.63, 3.8) is 0 Å². The summed E-state index contributed by atoms with van der Waals surface area (Å²) in [6, 6.07) is 8.55. The fraction of sp³-hybridized carbons (Fsp3) is 0.348. The molecule has 0 unspecified atom stereocenters. The Morgan fingerprint density at radius 3 is 2.41 bits per heavy atom. The highest BCUT2D eigenvalue weighted by molar-refractivity contribution is 6.04. The Morgan fingerprint density at radius 1 is 1.09 bits per heavy atom. The van der Waals surface area contributed by atoms with Gasteiger partial charge in [0, 0.05) is 29.9 Å². The number of carboxylic acid groups (broad SMARTS) is 1. The Labute approximate surface area is 181 Å². The first-order valence-electron chi connectivity index (χ1n) is 10.2. The first-order valence-corrected chi connectivity index (χ1v) is 10.2. The topological polar surface area (TPSA) is 84.2 Å². The van der Waals surface area contributed by atoms with E-state index in [1.165, 1.54) is 12.1 Å². The molecule has 0 aliphatic heterocycles. The zero-order valence-electron chi connectivity index (χ0n) is 16.9. The standard InChI is InChI=1S/C23H20F3N3O3/c24-23(25,26)16-3-1-14(2-4-16)10-29-8-6-15-5-7-27-18(19(15)29)20(32)28-22-11-21(12-22,13-22)9-17(30)31/h1-8H,9-13H2,(H,28,32)(H,30,31). The molecule has 6 nitrogen and oxygen atoms in total. The average molecular weight is 443 g/mol. The number of hydrogen-bond acceptors (Lipinski definition) is 3. The van der Waals surface area contributed by atoms with Crippen LogP contribution in [0.2, 0.25) is 0 Å². The summed E-state index contributed by atoms with van der Waals surface area (Å²) < 4.78 is 40.3. The van der Waals surface area contributed by atoms with Crippen molar-refractivity contribution in [3.05, 3.63) is 65.6 Å². The van der Waals surface area contributed by atoms with Crippen LogP contribution in [0.3, 0.4) is 0 Å². The van der Waals surface area contributed by atoms with Crippen LogP contribution in [-0.2, 0) is 17.5 Å². The van der Waals surface area contributed by atoms with E-state index in [0.29, 0.717) is 36.9 Å². The summed E-state index contributed by atoms with van der Waals surface area (Å²) >= 11 is 0. The maximum Gasteiger partial charge on any atom is 0.416 e. The molecule has 0 radical (unpaired) electrons. The summed E-state index contributed by atoms with van der Waals surface area (Å²) in [6.07, 6.45) is 1.02. The van der Waals surface area contributed by atoms with E-state index in [1.807, 2.05) is 6.07 Å². The Balaban J connectivity index is 1.36. The van der Waals surface area contributed by atoms with Gasteiger partial charge in [-0.15, -0.1) is 0 Å². The van der Waals surface area contributed by atoms with Gasteiger partial charge in [0.05, 0.1) is 17.5 Å². The van der Waals surface area contributed by atoms with Crippen LogP contribution in [0.5, 0.6) is 0 Å². The van der Waals surface area contributed by atoms with Gasteiger partial charge in [-0.25, -0.2) is 4.98 Å². The first kappa shape index (κ1) is 20.5. The minimum atomic E-state index is -4.39. The third-order valence-electron chi connectivity index (χ3n) is 6.57. The van der Waals surface area contributed by atoms with Gasteiger partial charge >= 0.3 is 12.1 Å². The number of halogens is 3. The summed E-state index contributed by atoms with van der Waals surface area (Å²) in [5.74, 6) is -1.15. The predicted octanol–water partition coefficient (Wildman–Crippen LogP) is 4.23. The Hall–Kier alpha value is -3.36. The zero-order chi connectivity index (χ0) is 22.7. The first-order chi connectivity index (χ1) is 15.1. The summed E-state index contributed by atoms with van der Waals surface area (Å²) in [6.45, 7) is 0.292. The quantitative estimate of drug-likeness (QED) is 0.597. The number of nitrogens with one attached hydrogen (secondary N) is 1. The molecular formula is C23H20F3N3O3. The number of carbonyl (C=O) groups excluding carboxylic acids is 1. The highest BCUT2D eigenvalue weighted by Gasteiger charge is 2.68. The van der Waals surface area contributed by atoms with E-state index in [9.17, 15) is 22.8 Å². The van der Waals surface area contributed by atoms with Crippen molar-refractivity contribution in [2.75, 3.05) is 0 Å². The molecule has 1 amide bonds. The number of nitrogens with zero attached hydrogens (tertiary/aromatic N) is 2. The maximum absolute atomic E-state index is 13.0. The smallest absolute Gasteiger partial charge is 0.416 e. The van der Waals surface area contributed by atoms with Crippen LogP contribution < -0.4 is 5.32 Å². The molecule has 2 aromatic heterocycles. The third kappa shape index (κ3) is 3.41. The number of alkyl halides is 3. The number of aromatic nitrogens is 2. The number of benzene rings is 1. The van der Waals surface area contributed by atoms with E-state index in [-0.39, 0.29) is 29.0 Å². The van der Waals surface area contributed by atoms with E-state index in [2.05, 4.69) is 10.3 Å². The lowest BCUT2D eigenvalue weighted by Gasteiger charge is -2.70. The maximum atomic E-state index is 13.0. The Morgan fingerprint density at radius 2 is 1.78 bits per heavy atom. The number of carbonyl (C=O) groups is 2. The Bertz CT molecular complexity index is 1210. The van der Waals surface area contributed by atoms with Gasteiger partial charge in [-0.3, -0.25) is 9.59 Å². The van der Waals surface area contributed by atoms with Gasteiger partial charge in [0.25, 0.3) is 5.91 Å². The van der Waals surface area contributed by atoms with Crippen LogP contribution in [-0.4, -0.2) is 32.1 Å². The summed E-state index contributed by atoms with van der Waals surface area (Å²) in [7, 11) is 0. The van der Waals surface area contributed by atoms with Crippen molar-refractivity contribution >= 4 is 22.8 Å². The number of rotatable bonds is 6. The molecule has 3 aliphatic rings. The monoisotopic (exact) mass is 443 g/mol. The van der Waals surface area contributed by atoms with Gasteiger partial charge < -0.3 is 15.0 Å². The van der Waals surface area contributed by atoms with Gasteiger partial charge in [0.2, 0.25) is 0 Å². The number of hydrogen-bond donors (Lipinski definition) is 2. The van der Waals surface area contributed by atoms with Crippen molar-refractivity contribution in [3.8, 4) is 0 Å². The third-order valence-corrected chi connectivity index (χ3v) is 6.57. The second kappa shape index (κ2) is 6.82. The molecule has 2 heterocycles.